The Balaban J connectivity index is 1.95. The zero-order valence-electron chi connectivity index (χ0n) is 13.0. The van der Waals surface area contributed by atoms with E-state index in [0.717, 1.165) is 18.2 Å². The number of nitrogens with zero attached hydrogens (tertiary/aromatic N) is 4. The van der Waals surface area contributed by atoms with Gasteiger partial charge in [0.05, 0.1) is 11.0 Å². The molecule has 1 aliphatic rings. The van der Waals surface area contributed by atoms with Gasteiger partial charge >= 0.3 is 0 Å². The number of non-ortho nitro benzene ring substituents is 1. The maximum absolute atomic E-state index is 13.6. The maximum Gasteiger partial charge on any atom is 0.273 e. The Morgan fingerprint density at radius 2 is 2.25 bits per heavy atom. The molecule has 1 aromatic heterocycles. The summed E-state index contributed by atoms with van der Waals surface area (Å²) in [5, 5.41) is 14.1. The molecule has 0 aliphatic carbocycles. The molecular formula is C15H16FN5O3. The summed E-state index contributed by atoms with van der Waals surface area (Å²) in [6, 6.07) is 2.59. The van der Waals surface area contributed by atoms with E-state index in [-0.39, 0.29) is 11.6 Å². The molecule has 0 spiro atoms. The lowest BCUT2D eigenvalue weighted by molar-refractivity contribution is -0.385. The number of amides is 1. The minimum absolute atomic E-state index is 0.0391. The number of imidazole rings is 1. The number of carbonyl (C=O) groups excluding carboxylic acids is 1. The van der Waals surface area contributed by atoms with Crippen molar-refractivity contribution in [1.29, 1.82) is 0 Å². The second kappa shape index (κ2) is 6.36. The number of hydrogen-bond donors (Lipinski definition) is 1. The number of nitro groups is 1. The third-order valence-electron chi connectivity index (χ3n) is 4.00. The fraction of sp³-hybridized carbons (Fsp3) is 0.333. The Morgan fingerprint density at radius 1 is 1.46 bits per heavy atom. The molecule has 1 fully saturated rings. The summed E-state index contributed by atoms with van der Waals surface area (Å²) in [7, 11) is 1.83. The SMILES string of the molecule is Cn1ccnc1C1CNCCN1C(=O)c1cc(F)cc([N+](=O)[O-])c1. The van der Waals surface area contributed by atoms with Gasteiger partial charge in [-0.2, -0.15) is 0 Å². The zero-order chi connectivity index (χ0) is 17.3. The number of rotatable bonds is 3. The highest BCUT2D eigenvalue weighted by Crippen LogP contribution is 2.24. The molecule has 9 heteroatoms. The number of nitrogens with one attached hydrogen (secondary N) is 1. The van der Waals surface area contributed by atoms with Gasteiger partial charge in [-0.1, -0.05) is 0 Å². The highest BCUT2D eigenvalue weighted by atomic mass is 19.1. The number of piperazine rings is 1. The summed E-state index contributed by atoms with van der Waals surface area (Å²) in [4.78, 5) is 28.8. The van der Waals surface area contributed by atoms with Crippen LogP contribution in [0.2, 0.25) is 0 Å². The van der Waals surface area contributed by atoms with E-state index in [9.17, 15) is 19.3 Å². The van der Waals surface area contributed by atoms with Crippen molar-refractivity contribution in [2.75, 3.05) is 19.6 Å². The lowest BCUT2D eigenvalue weighted by atomic mass is 10.1. The Kier molecular flexibility index (Phi) is 4.26. The second-order valence-corrected chi connectivity index (χ2v) is 5.57. The van der Waals surface area contributed by atoms with Crippen LogP contribution < -0.4 is 5.32 Å². The number of nitro benzene ring substituents is 1. The van der Waals surface area contributed by atoms with Crippen LogP contribution in [0.5, 0.6) is 0 Å². The highest BCUT2D eigenvalue weighted by Gasteiger charge is 2.31. The molecule has 1 aliphatic heterocycles. The molecule has 2 heterocycles. The number of aromatic nitrogens is 2. The maximum atomic E-state index is 13.6. The van der Waals surface area contributed by atoms with Crippen molar-refractivity contribution in [3.63, 3.8) is 0 Å². The van der Waals surface area contributed by atoms with Crippen molar-refractivity contribution in [1.82, 2.24) is 19.8 Å². The summed E-state index contributed by atoms with van der Waals surface area (Å²) in [6.45, 7) is 1.50. The van der Waals surface area contributed by atoms with Crippen LogP contribution in [0.4, 0.5) is 10.1 Å². The molecule has 1 aromatic carbocycles. The van der Waals surface area contributed by atoms with Crippen LogP contribution in [0.15, 0.2) is 30.6 Å². The van der Waals surface area contributed by atoms with E-state index in [1.807, 2.05) is 11.6 Å². The Hall–Kier alpha value is -2.81. The molecule has 0 saturated carbocycles. The van der Waals surface area contributed by atoms with Gasteiger partial charge in [0.1, 0.15) is 17.7 Å². The summed E-state index contributed by atoms with van der Waals surface area (Å²) in [5.74, 6) is -0.565. The van der Waals surface area contributed by atoms with Gasteiger partial charge in [0.15, 0.2) is 0 Å². The molecule has 1 saturated heterocycles. The summed E-state index contributed by atoms with van der Waals surface area (Å²) >= 11 is 0. The van der Waals surface area contributed by atoms with Gasteiger partial charge in [-0.05, 0) is 6.07 Å². The Bertz CT molecular complexity index is 791. The molecular weight excluding hydrogens is 317 g/mol. The molecule has 0 bridgehead atoms. The second-order valence-electron chi connectivity index (χ2n) is 5.57. The first-order valence-corrected chi connectivity index (χ1v) is 7.41. The van der Waals surface area contributed by atoms with Crippen molar-refractivity contribution >= 4 is 11.6 Å². The van der Waals surface area contributed by atoms with Gasteiger partial charge in [0.2, 0.25) is 0 Å². The lowest BCUT2D eigenvalue weighted by Gasteiger charge is -2.35. The monoisotopic (exact) mass is 333 g/mol. The number of halogens is 1. The number of carbonyl (C=O) groups is 1. The van der Waals surface area contributed by atoms with E-state index in [1.54, 1.807) is 17.3 Å². The van der Waals surface area contributed by atoms with Crippen molar-refractivity contribution < 1.29 is 14.1 Å². The Morgan fingerprint density at radius 3 is 2.92 bits per heavy atom. The molecule has 8 nitrogen and oxygen atoms in total. The third kappa shape index (κ3) is 2.98. The minimum Gasteiger partial charge on any atom is -0.336 e. The van der Waals surface area contributed by atoms with Crippen molar-refractivity contribution in [2.45, 2.75) is 6.04 Å². The van der Waals surface area contributed by atoms with E-state index in [0.29, 0.717) is 25.5 Å². The van der Waals surface area contributed by atoms with Gasteiger partial charge in [-0.25, -0.2) is 9.37 Å². The van der Waals surface area contributed by atoms with Gasteiger partial charge < -0.3 is 14.8 Å². The molecule has 126 valence electrons. The molecule has 2 aromatic rings. The number of hydrogen-bond acceptors (Lipinski definition) is 5. The molecule has 24 heavy (non-hydrogen) atoms. The van der Waals surface area contributed by atoms with E-state index in [1.165, 1.54) is 0 Å². The molecule has 0 radical (unpaired) electrons. The topological polar surface area (TPSA) is 93.3 Å². The van der Waals surface area contributed by atoms with Crippen LogP contribution >= 0.6 is 0 Å². The van der Waals surface area contributed by atoms with E-state index in [2.05, 4.69) is 10.3 Å². The first-order chi connectivity index (χ1) is 11.5. The van der Waals surface area contributed by atoms with E-state index < -0.39 is 22.3 Å². The first-order valence-electron chi connectivity index (χ1n) is 7.41. The fourth-order valence-electron chi connectivity index (χ4n) is 2.85. The van der Waals surface area contributed by atoms with Crippen LogP contribution in [0.25, 0.3) is 0 Å². The molecule has 1 unspecified atom stereocenters. The standard InChI is InChI=1S/C15H16FN5O3/c1-19-4-3-18-14(19)13-9-17-2-5-20(13)15(22)10-6-11(16)8-12(7-10)21(23)24/h3-4,6-8,13,17H,2,5,9H2,1H3. The van der Waals surface area contributed by atoms with Crippen molar-refractivity contribution in [3.8, 4) is 0 Å². The summed E-state index contributed by atoms with van der Waals surface area (Å²) in [6.07, 6.45) is 3.42. The number of benzene rings is 1. The quantitative estimate of drug-likeness (QED) is 0.674. The number of aryl methyl sites for hydroxylation is 1. The fourth-order valence-corrected chi connectivity index (χ4v) is 2.85. The van der Waals surface area contributed by atoms with Crippen LogP contribution in [0.1, 0.15) is 22.2 Å². The molecule has 1 amide bonds. The van der Waals surface area contributed by atoms with Crippen LogP contribution in [0.3, 0.4) is 0 Å². The average Bonchev–Trinajstić information content (AvgIpc) is 2.99. The lowest BCUT2D eigenvalue weighted by Crippen LogP contribution is -2.49. The van der Waals surface area contributed by atoms with Crippen molar-refractivity contribution in [3.05, 3.63) is 57.9 Å². The van der Waals surface area contributed by atoms with Crippen LogP contribution in [-0.4, -0.2) is 44.9 Å². The van der Waals surface area contributed by atoms with E-state index >= 15 is 0 Å². The third-order valence-corrected chi connectivity index (χ3v) is 4.00. The molecule has 3 rings (SSSR count). The van der Waals surface area contributed by atoms with Gasteiger partial charge in [-0.3, -0.25) is 14.9 Å². The first kappa shape index (κ1) is 16.1. The molecule has 1 atom stereocenters. The van der Waals surface area contributed by atoms with Crippen LogP contribution in [0, 0.1) is 15.9 Å². The predicted molar refractivity (Wildman–Crippen MR) is 82.9 cm³/mol. The normalized spacial score (nSPS) is 17.8. The van der Waals surface area contributed by atoms with Gasteiger partial charge in [0.25, 0.3) is 11.6 Å². The van der Waals surface area contributed by atoms with E-state index in [4.69, 9.17) is 0 Å². The average molecular weight is 333 g/mol. The molecule has 1 N–H and O–H groups in total. The van der Waals surface area contributed by atoms with Gasteiger partial charge in [0, 0.05) is 50.7 Å². The van der Waals surface area contributed by atoms with Gasteiger partial charge in [-0.15, -0.1) is 0 Å². The van der Waals surface area contributed by atoms with Crippen LogP contribution in [-0.2, 0) is 7.05 Å². The highest BCUT2D eigenvalue weighted by molar-refractivity contribution is 5.95. The minimum atomic E-state index is -0.809. The summed E-state index contributed by atoms with van der Waals surface area (Å²) < 4.78 is 15.5. The zero-order valence-corrected chi connectivity index (χ0v) is 13.0. The smallest absolute Gasteiger partial charge is 0.273 e. The predicted octanol–water partition coefficient (Wildman–Crippen LogP) is 1.25. The summed E-state index contributed by atoms with van der Waals surface area (Å²) in [5.41, 5.74) is -0.482. The Labute approximate surface area is 137 Å². The largest absolute Gasteiger partial charge is 0.336 e. The van der Waals surface area contributed by atoms with Crippen molar-refractivity contribution in [2.24, 2.45) is 7.05 Å².